The Morgan fingerprint density at radius 2 is 1.83 bits per heavy atom. The molecule has 29 heavy (non-hydrogen) atoms. The molecule has 2 heterocycles. The van der Waals surface area contributed by atoms with Crippen molar-refractivity contribution in [3.05, 3.63) is 71.2 Å². The Balaban J connectivity index is 1.48. The van der Waals surface area contributed by atoms with Crippen molar-refractivity contribution < 1.29 is 9.69 Å². The minimum absolute atomic E-state index is 0.244. The summed E-state index contributed by atoms with van der Waals surface area (Å²) in [5, 5.41) is 12.1. The molecular formula is C22H23ClN5O+. The van der Waals surface area contributed by atoms with Crippen LogP contribution in [-0.4, -0.2) is 49.3 Å². The molecule has 3 aromatic rings. The van der Waals surface area contributed by atoms with Crippen LogP contribution in [0, 0.1) is 0 Å². The third-order valence-corrected chi connectivity index (χ3v) is 5.46. The second kappa shape index (κ2) is 8.59. The van der Waals surface area contributed by atoms with Gasteiger partial charge in [-0.2, -0.15) is 0 Å². The lowest BCUT2D eigenvalue weighted by Gasteiger charge is -2.30. The zero-order valence-electron chi connectivity index (χ0n) is 16.2. The highest BCUT2D eigenvalue weighted by molar-refractivity contribution is 6.34. The largest absolute Gasteiger partial charge is 0.344 e. The number of quaternary nitrogens is 1. The average Bonchev–Trinajstić information content (AvgIpc) is 2.75. The summed E-state index contributed by atoms with van der Waals surface area (Å²) >= 11 is 6.11. The number of carbonyl (C=O) groups excluding carboxylic acids is 1. The van der Waals surface area contributed by atoms with E-state index in [1.807, 2.05) is 36.4 Å². The van der Waals surface area contributed by atoms with Crippen LogP contribution in [0.15, 0.2) is 60.7 Å². The Morgan fingerprint density at radius 1 is 1.03 bits per heavy atom. The molecule has 4 rings (SSSR count). The molecule has 1 aromatic heterocycles. The van der Waals surface area contributed by atoms with E-state index in [1.165, 1.54) is 0 Å². The minimum Gasteiger partial charge on any atom is -0.344 e. The van der Waals surface area contributed by atoms with Crippen LogP contribution in [0.5, 0.6) is 0 Å². The summed E-state index contributed by atoms with van der Waals surface area (Å²) in [5.74, 6) is 0.663. The number of likely N-dealkylation sites (N-methyl/N-ethyl adjacent to an activating group) is 1. The van der Waals surface area contributed by atoms with Gasteiger partial charge in [0, 0.05) is 11.3 Å². The van der Waals surface area contributed by atoms with Gasteiger partial charge in [-0.15, -0.1) is 10.2 Å². The predicted octanol–water partition coefficient (Wildman–Crippen LogP) is 2.38. The third kappa shape index (κ3) is 4.55. The topological polar surface area (TPSA) is 62.6 Å². The first kappa shape index (κ1) is 19.4. The molecule has 1 fully saturated rings. The van der Waals surface area contributed by atoms with Gasteiger partial charge < -0.3 is 15.1 Å². The molecule has 2 aromatic carbocycles. The number of anilines is 2. The number of carbonyl (C=O) groups is 1. The van der Waals surface area contributed by atoms with Gasteiger partial charge >= 0.3 is 0 Å². The zero-order valence-corrected chi connectivity index (χ0v) is 17.0. The Kier molecular flexibility index (Phi) is 5.74. The Bertz CT molecular complexity index is 1000. The normalized spacial score (nSPS) is 14.6. The molecule has 0 spiro atoms. The number of hydrogen-bond acceptors (Lipinski definition) is 4. The first-order valence-corrected chi connectivity index (χ1v) is 10.0. The van der Waals surface area contributed by atoms with Crippen molar-refractivity contribution in [2.45, 2.75) is 0 Å². The van der Waals surface area contributed by atoms with Crippen LogP contribution in [0.1, 0.15) is 10.4 Å². The lowest BCUT2D eigenvalue weighted by atomic mass is 10.1. The lowest BCUT2D eigenvalue weighted by molar-refractivity contribution is -0.880. The van der Waals surface area contributed by atoms with Gasteiger partial charge in [0.2, 0.25) is 0 Å². The molecule has 148 valence electrons. The van der Waals surface area contributed by atoms with Crippen molar-refractivity contribution in [3.63, 3.8) is 0 Å². The van der Waals surface area contributed by atoms with Gasteiger partial charge in [0.25, 0.3) is 5.91 Å². The van der Waals surface area contributed by atoms with E-state index in [0.29, 0.717) is 16.3 Å². The number of hydrogen-bond donors (Lipinski definition) is 2. The van der Waals surface area contributed by atoms with E-state index < -0.39 is 0 Å². The van der Waals surface area contributed by atoms with Crippen molar-refractivity contribution in [1.82, 2.24) is 10.2 Å². The first-order chi connectivity index (χ1) is 14.1. The minimum atomic E-state index is -0.244. The quantitative estimate of drug-likeness (QED) is 0.695. The van der Waals surface area contributed by atoms with Crippen LogP contribution in [0.3, 0.4) is 0 Å². The van der Waals surface area contributed by atoms with Gasteiger partial charge in [0.15, 0.2) is 5.82 Å². The Morgan fingerprint density at radius 3 is 2.55 bits per heavy atom. The standard InChI is InChI=1S/C22H22ClN5O/c1-27-11-13-28(14-12-27)21-10-9-20(25-26-21)16-5-4-6-17(15-16)24-22(29)18-7-2-3-8-19(18)23/h2-10,15H,11-14H2,1H3,(H,24,29)/p+1. The van der Waals surface area contributed by atoms with Gasteiger partial charge in [-0.3, -0.25) is 4.79 Å². The number of rotatable bonds is 4. The van der Waals surface area contributed by atoms with Gasteiger partial charge in [0.1, 0.15) is 0 Å². The Labute approximate surface area is 175 Å². The van der Waals surface area contributed by atoms with E-state index in [9.17, 15) is 4.79 Å². The fraction of sp³-hybridized carbons (Fsp3) is 0.227. The SMILES string of the molecule is C[NH+]1CCN(c2ccc(-c3cccc(NC(=O)c4ccccc4Cl)c3)nn2)CC1. The van der Waals surface area contributed by atoms with Crippen LogP contribution in [-0.2, 0) is 0 Å². The molecule has 0 atom stereocenters. The highest BCUT2D eigenvalue weighted by Gasteiger charge is 2.18. The highest BCUT2D eigenvalue weighted by atomic mass is 35.5. The summed E-state index contributed by atoms with van der Waals surface area (Å²) < 4.78 is 0. The molecule has 0 bridgehead atoms. The summed E-state index contributed by atoms with van der Waals surface area (Å²) in [4.78, 5) is 16.3. The smallest absolute Gasteiger partial charge is 0.257 e. The number of benzene rings is 2. The number of aromatic nitrogens is 2. The van der Waals surface area contributed by atoms with E-state index >= 15 is 0 Å². The molecule has 1 saturated heterocycles. The van der Waals surface area contributed by atoms with Gasteiger partial charge in [-0.25, -0.2) is 0 Å². The van der Waals surface area contributed by atoms with Crippen molar-refractivity contribution in [2.75, 3.05) is 43.4 Å². The fourth-order valence-electron chi connectivity index (χ4n) is 3.37. The van der Waals surface area contributed by atoms with Crippen molar-refractivity contribution in [3.8, 4) is 11.3 Å². The van der Waals surface area contributed by atoms with Crippen LogP contribution < -0.4 is 15.1 Å². The van der Waals surface area contributed by atoms with E-state index in [1.54, 1.807) is 29.2 Å². The number of piperazine rings is 1. The van der Waals surface area contributed by atoms with Crippen molar-refractivity contribution in [2.24, 2.45) is 0 Å². The van der Waals surface area contributed by atoms with Crippen LogP contribution in [0.25, 0.3) is 11.3 Å². The summed E-state index contributed by atoms with van der Waals surface area (Å²) in [6.45, 7) is 4.19. The van der Waals surface area contributed by atoms with Gasteiger partial charge in [-0.05, 0) is 36.4 Å². The fourth-order valence-corrected chi connectivity index (χ4v) is 3.59. The monoisotopic (exact) mass is 408 g/mol. The van der Waals surface area contributed by atoms with Crippen LogP contribution in [0.2, 0.25) is 5.02 Å². The maximum absolute atomic E-state index is 12.5. The zero-order chi connectivity index (χ0) is 20.2. The molecular weight excluding hydrogens is 386 g/mol. The molecule has 0 unspecified atom stereocenters. The number of halogens is 1. The lowest BCUT2D eigenvalue weighted by Crippen LogP contribution is -3.12. The molecule has 0 radical (unpaired) electrons. The van der Waals surface area contributed by atoms with Gasteiger partial charge in [0.05, 0.1) is 49.5 Å². The number of amides is 1. The molecule has 7 heteroatoms. The van der Waals surface area contributed by atoms with E-state index in [2.05, 4.69) is 27.5 Å². The molecule has 0 aliphatic carbocycles. The molecule has 0 saturated carbocycles. The number of nitrogens with zero attached hydrogens (tertiary/aromatic N) is 3. The molecule has 1 amide bonds. The average molecular weight is 409 g/mol. The maximum Gasteiger partial charge on any atom is 0.257 e. The highest BCUT2D eigenvalue weighted by Crippen LogP contribution is 2.23. The van der Waals surface area contributed by atoms with Gasteiger partial charge in [-0.1, -0.05) is 35.9 Å². The summed E-state index contributed by atoms with van der Waals surface area (Å²) in [6.07, 6.45) is 0. The second-order valence-corrected chi connectivity index (χ2v) is 7.64. The summed E-state index contributed by atoms with van der Waals surface area (Å²) in [7, 11) is 2.21. The van der Waals surface area contributed by atoms with Crippen LogP contribution in [0.4, 0.5) is 11.5 Å². The second-order valence-electron chi connectivity index (χ2n) is 7.24. The maximum atomic E-state index is 12.5. The summed E-state index contributed by atoms with van der Waals surface area (Å²) in [5.41, 5.74) is 2.78. The predicted molar refractivity (Wildman–Crippen MR) is 116 cm³/mol. The van der Waals surface area contributed by atoms with Crippen molar-refractivity contribution >= 4 is 29.0 Å². The molecule has 1 aliphatic rings. The summed E-state index contributed by atoms with van der Waals surface area (Å²) in [6, 6.07) is 18.5. The first-order valence-electron chi connectivity index (χ1n) is 9.66. The van der Waals surface area contributed by atoms with Crippen molar-refractivity contribution in [1.29, 1.82) is 0 Å². The van der Waals surface area contributed by atoms with E-state index in [0.717, 1.165) is 43.3 Å². The third-order valence-electron chi connectivity index (χ3n) is 5.13. The molecule has 6 nitrogen and oxygen atoms in total. The number of nitrogens with one attached hydrogen (secondary N) is 2. The van der Waals surface area contributed by atoms with E-state index in [-0.39, 0.29) is 5.91 Å². The van der Waals surface area contributed by atoms with Crippen LogP contribution >= 0.6 is 11.6 Å². The molecule has 1 aliphatic heterocycles. The Hall–Kier alpha value is -2.96. The van der Waals surface area contributed by atoms with E-state index in [4.69, 9.17) is 11.6 Å². The molecule has 2 N–H and O–H groups in total.